The van der Waals surface area contributed by atoms with Crippen molar-refractivity contribution in [3.63, 3.8) is 0 Å². The lowest BCUT2D eigenvalue weighted by atomic mass is 10.0. The Balaban J connectivity index is 1.72. The molecule has 1 heterocycles. The van der Waals surface area contributed by atoms with Crippen molar-refractivity contribution in [2.75, 3.05) is 44.7 Å². The van der Waals surface area contributed by atoms with Gasteiger partial charge in [-0.05, 0) is 49.0 Å². The van der Waals surface area contributed by atoms with E-state index in [-0.39, 0.29) is 28.8 Å². The van der Waals surface area contributed by atoms with Crippen LogP contribution in [0.25, 0.3) is 0 Å². The molecule has 33 heavy (non-hydrogen) atoms. The first kappa shape index (κ1) is 24.6. The number of piperazine rings is 1. The number of carbonyl (C=O) groups is 2. The van der Waals surface area contributed by atoms with Gasteiger partial charge in [0.15, 0.2) is 5.75 Å². The molecule has 1 aliphatic heterocycles. The summed E-state index contributed by atoms with van der Waals surface area (Å²) in [5, 5.41) is 23.8. The van der Waals surface area contributed by atoms with E-state index in [9.17, 15) is 14.7 Å². The van der Waals surface area contributed by atoms with Crippen LogP contribution in [0.4, 0.5) is 5.69 Å². The molecule has 8 nitrogen and oxygen atoms in total. The van der Waals surface area contributed by atoms with Crippen LogP contribution in [0.5, 0.6) is 5.75 Å². The van der Waals surface area contributed by atoms with Crippen LogP contribution in [0.3, 0.4) is 0 Å². The van der Waals surface area contributed by atoms with E-state index in [0.717, 1.165) is 31.9 Å². The number of nitriles is 1. The fourth-order valence-electron chi connectivity index (χ4n) is 3.56. The molecule has 1 saturated heterocycles. The van der Waals surface area contributed by atoms with E-state index in [0.29, 0.717) is 11.1 Å². The molecular formula is C23H25Cl2N5O3. The maximum Gasteiger partial charge on any atom is 0.251 e. The molecule has 0 saturated carbocycles. The van der Waals surface area contributed by atoms with Gasteiger partial charge in [-0.2, -0.15) is 5.26 Å². The minimum atomic E-state index is -0.972. The van der Waals surface area contributed by atoms with Crippen molar-refractivity contribution < 1.29 is 14.7 Å². The van der Waals surface area contributed by atoms with Gasteiger partial charge in [-0.3, -0.25) is 9.59 Å². The first-order valence-electron chi connectivity index (χ1n) is 10.4. The minimum Gasteiger partial charge on any atom is -0.505 e. The van der Waals surface area contributed by atoms with Gasteiger partial charge in [0.05, 0.1) is 16.1 Å². The summed E-state index contributed by atoms with van der Waals surface area (Å²) in [6.45, 7) is 3.60. The van der Waals surface area contributed by atoms with E-state index < -0.39 is 17.9 Å². The summed E-state index contributed by atoms with van der Waals surface area (Å²) >= 11 is 12.0. The highest BCUT2D eigenvalue weighted by Gasteiger charge is 2.23. The van der Waals surface area contributed by atoms with Crippen LogP contribution in [-0.2, 0) is 11.2 Å². The van der Waals surface area contributed by atoms with Gasteiger partial charge >= 0.3 is 0 Å². The lowest BCUT2D eigenvalue weighted by Gasteiger charge is -2.34. The number of likely N-dealkylation sites (N-methyl/N-ethyl adjacent to an activating group) is 1. The van der Waals surface area contributed by atoms with Crippen molar-refractivity contribution in [2.45, 2.75) is 12.5 Å². The fraction of sp³-hybridized carbons (Fsp3) is 0.348. The number of amides is 2. The Bertz CT molecular complexity index is 1020. The van der Waals surface area contributed by atoms with Gasteiger partial charge in [0.2, 0.25) is 5.91 Å². The van der Waals surface area contributed by atoms with Crippen molar-refractivity contribution in [1.29, 1.82) is 5.26 Å². The van der Waals surface area contributed by atoms with Gasteiger partial charge in [-0.1, -0.05) is 23.2 Å². The quantitative estimate of drug-likeness (QED) is 0.515. The maximum atomic E-state index is 12.9. The topological polar surface area (TPSA) is 109 Å². The summed E-state index contributed by atoms with van der Waals surface area (Å²) in [5.74, 6) is -1.19. The fourth-order valence-corrected chi connectivity index (χ4v) is 4.09. The molecule has 1 fully saturated rings. The van der Waals surface area contributed by atoms with Gasteiger partial charge < -0.3 is 25.5 Å². The van der Waals surface area contributed by atoms with Crippen molar-refractivity contribution >= 4 is 40.7 Å². The summed E-state index contributed by atoms with van der Waals surface area (Å²) in [5.41, 5.74) is 2.00. The minimum absolute atomic E-state index is 0.0412. The Morgan fingerprint density at radius 1 is 1.12 bits per heavy atom. The largest absolute Gasteiger partial charge is 0.505 e. The zero-order valence-electron chi connectivity index (χ0n) is 18.1. The lowest BCUT2D eigenvalue weighted by molar-refractivity contribution is -0.122. The smallest absolute Gasteiger partial charge is 0.251 e. The molecule has 1 aliphatic rings. The highest BCUT2D eigenvalue weighted by Crippen LogP contribution is 2.33. The molecule has 0 spiro atoms. The Morgan fingerprint density at radius 3 is 2.30 bits per heavy atom. The summed E-state index contributed by atoms with van der Waals surface area (Å²) in [6, 6.07) is 11.1. The third kappa shape index (κ3) is 6.51. The number of carbonyl (C=O) groups excluding carboxylic acids is 2. The SMILES string of the molecule is CN1CCN(c2ccc(C(=O)NC(Cc3cc(Cl)c(O)c(Cl)c3)C(=O)NCC#N)cc2)CC1. The van der Waals surface area contributed by atoms with Crippen molar-refractivity contribution in [3.05, 3.63) is 57.6 Å². The Labute approximate surface area is 202 Å². The van der Waals surface area contributed by atoms with Gasteiger partial charge in [0.25, 0.3) is 5.91 Å². The summed E-state index contributed by atoms with van der Waals surface area (Å²) in [7, 11) is 2.09. The third-order valence-electron chi connectivity index (χ3n) is 5.48. The third-order valence-corrected chi connectivity index (χ3v) is 6.05. The molecule has 2 aromatic carbocycles. The Morgan fingerprint density at radius 2 is 1.73 bits per heavy atom. The molecule has 1 atom stereocenters. The highest BCUT2D eigenvalue weighted by atomic mass is 35.5. The summed E-state index contributed by atoms with van der Waals surface area (Å²) in [6.07, 6.45) is 0.0715. The molecule has 1 unspecified atom stereocenters. The number of hydrogen-bond acceptors (Lipinski definition) is 6. The first-order chi connectivity index (χ1) is 15.8. The average molecular weight is 490 g/mol. The van der Waals surface area contributed by atoms with Crippen LogP contribution in [0, 0.1) is 11.3 Å². The summed E-state index contributed by atoms with van der Waals surface area (Å²) < 4.78 is 0. The number of nitrogens with zero attached hydrogens (tertiary/aromatic N) is 3. The second-order valence-electron chi connectivity index (χ2n) is 7.85. The van der Waals surface area contributed by atoms with Crippen LogP contribution >= 0.6 is 23.2 Å². The Kier molecular flexibility index (Phi) is 8.39. The monoisotopic (exact) mass is 489 g/mol. The predicted octanol–water partition coefficient (Wildman–Crippen LogP) is 2.43. The van der Waals surface area contributed by atoms with E-state index >= 15 is 0 Å². The number of rotatable bonds is 7. The average Bonchev–Trinajstić information content (AvgIpc) is 2.81. The standard InChI is InChI=1S/C23H25Cl2N5O3/c1-29-8-10-30(11-9-29)17-4-2-16(3-5-17)22(32)28-20(23(33)27-7-6-26)14-15-12-18(24)21(31)19(25)13-15/h2-5,12-13,20,31H,7-11,14H2,1H3,(H,27,33)(H,28,32). The highest BCUT2D eigenvalue weighted by molar-refractivity contribution is 6.37. The first-order valence-corrected chi connectivity index (χ1v) is 11.2. The number of anilines is 1. The second kappa shape index (κ2) is 11.2. The molecule has 0 aromatic heterocycles. The molecule has 0 bridgehead atoms. The molecule has 0 radical (unpaired) electrons. The van der Waals surface area contributed by atoms with Gasteiger partial charge in [-0.25, -0.2) is 0 Å². The van der Waals surface area contributed by atoms with Crippen LogP contribution in [0.2, 0.25) is 10.0 Å². The lowest BCUT2D eigenvalue weighted by Crippen LogP contribution is -2.48. The van der Waals surface area contributed by atoms with Crippen molar-refractivity contribution in [3.8, 4) is 11.8 Å². The number of phenolic OH excluding ortho intramolecular Hbond substituents is 1. The molecule has 3 rings (SSSR count). The van der Waals surface area contributed by atoms with Crippen LogP contribution in [-0.4, -0.2) is 67.6 Å². The summed E-state index contributed by atoms with van der Waals surface area (Å²) in [4.78, 5) is 30.0. The van der Waals surface area contributed by atoms with E-state index in [1.807, 2.05) is 18.2 Å². The van der Waals surface area contributed by atoms with Crippen LogP contribution in [0.15, 0.2) is 36.4 Å². The normalized spacial score (nSPS) is 14.9. The zero-order chi connectivity index (χ0) is 24.0. The van der Waals surface area contributed by atoms with Gasteiger partial charge in [0.1, 0.15) is 12.6 Å². The number of aromatic hydroxyl groups is 1. The molecule has 0 aliphatic carbocycles. The maximum absolute atomic E-state index is 12.9. The second-order valence-corrected chi connectivity index (χ2v) is 8.67. The Hall–Kier alpha value is -2.99. The molecular weight excluding hydrogens is 465 g/mol. The number of nitrogens with one attached hydrogen (secondary N) is 2. The van der Waals surface area contributed by atoms with Gasteiger partial charge in [-0.15, -0.1) is 0 Å². The van der Waals surface area contributed by atoms with E-state index in [2.05, 4.69) is 27.5 Å². The zero-order valence-corrected chi connectivity index (χ0v) is 19.7. The molecule has 3 N–H and O–H groups in total. The number of hydrogen-bond donors (Lipinski definition) is 3. The molecule has 10 heteroatoms. The van der Waals surface area contributed by atoms with Crippen molar-refractivity contribution in [2.24, 2.45) is 0 Å². The predicted molar refractivity (Wildman–Crippen MR) is 128 cm³/mol. The van der Waals surface area contributed by atoms with Gasteiger partial charge in [0, 0.05) is 43.9 Å². The van der Waals surface area contributed by atoms with E-state index in [1.54, 1.807) is 12.1 Å². The molecule has 2 aromatic rings. The number of halogens is 2. The van der Waals surface area contributed by atoms with Crippen molar-refractivity contribution in [1.82, 2.24) is 15.5 Å². The molecule has 174 valence electrons. The van der Waals surface area contributed by atoms with E-state index in [4.69, 9.17) is 28.5 Å². The van der Waals surface area contributed by atoms with Crippen LogP contribution < -0.4 is 15.5 Å². The molecule has 2 amide bonds. The van der Waals surface area contributed by atoms with Crippen LogP contribution in [0.1, 0.15) is 15.9 Å². The van der Waals surface area contributed by atoms with E-state index in [1.165, 1.54) is 12.1 Å². The number of phenols is 1. The number of benzene rings is 2.